The largest absolute Gasteiger partial charge is 0.399 e. The van der Waals surface area contributed by atoms with Gasteiger partial charge in [0.25, 0.3) is 5.91 Å². The monoisotopic (exact) mass is 247 g/mol. The zero-order valence-corrected chi connectivity index (χ0v) is 10.9. The fourth-order valence-electron chi connectivity index (χ4n) is 2.22. The summed E-state index contributed by atoms with van der Waals surface area (Å²) in [4.78, 5) is 13.8. The number of hydrogen-bond donors (Lipinski definition) is 2. The van der Waals surface area contributed by atoms with Crippen molar-refractivity contribution in [2.75, 3.05) is 17.2 Å². The SMILES string of the molecule is CCCCN(c1ccc(N)cc1C(N)=O)C1CC1. The van der Waals surface area contributed by atoms with Crippen molar-refractivity contribution in [1.29, 1.82) is 0 Å². The molecular weight excluding hydrogens is 226 g/mol. The minimum atomic E-state index is -0.403. The number of primary amides is 1. The molecule has 1 saturated carbocycles. The first-order valence-electron chi connectivity index (χ1n) is 6.59. The van der Waals surface area contributed by atoms with Crippen LogP contribution in [0.4, 0.5) is 11.4 Å². The second-order valence-corrected chi connectivity index (χ2v) is 4.92. The highest BCUT2D eigenvalue weighted by Gasteiger charge is 2.30. The number of unbranched alkanes of at least 4 members (excludes halogenated alkanes) is 1. The van der Waals surface area contributed by atoms with Gasteiger partial charge in [-0.3, -0.25) is 4.79 Å². The summed E-state index contributed by atoms with van der Waals surface area (Å²) in [5.41, 5.74) is 13.2. The molecule has 0 radical (unpaired) electrons. The molecule has 1 amide bonds. The van der Waals surface area contributed by atoms with Gasteiger partial charge in [0.15, 0.2) is 0 Å². The van der Waals surface area contributed by atoms with E-state index in [-0.39, 0.29) is 0 Å². The second-order valence-electron chi connectivity index (χ2n) is 4.92. The van der Waals surface area contributed by atoms with Gasteiger partial charge in [0, 0.05) is 24.0 Å². The van der Waals surface area contributed by atoms with Crippen molar-refractivity contribution in [2.45, 2.75) is 38.6 Å². The van der Waals surface area contributed by atoms with Gasteiger partial charge in [0.2, 0.25) is 0 Å². The van der Waals surface area contributed by atoms with Crippen molar-refractivity contribution in [2.24, 2.45) is 5.73 Å². The molecule has 1 aromatic carbocycles. The quantitative estimate of drug-likeness (QED) is 0.756. The Balaban J connectivity index is 2.30. The molecule has 0 unspecified atom stereocenters. The molecule has 98 valence electrons. The van der Waals surface area contributed by atoms with Crippen LogP contribution in [0.15, 0.2) is 18.2 Å². The Kier molecular flexibility index (Phi) is 3.75. The molecular formula is C14H21N3O. The maximum atomic E-state index is 11.5. The molecule has 4 nitrogen and oxygen atoms in total. The number of rotatable bonds is 6. The van der Waals surface area contributed by atoms with E-state index in [1.807, 2.05) is 12.1 Å². The van der Waals surface area contributed by atoms with Gasteiger partial charge in [0.05, 0.1) is 5.56 Å². The smallest absolute Gasteiger partial charge is 0.250 e. The first kappa shape index (κ1) is 12.7. The zero-order valence-electron chi connectivity index (χ0n) is 10.9. The van der Waals surface area contributed by atoms with E-state index in [0.29, 0.717) is 17.3 Å². The van der Waals surface area contributed by atoms with Crippen molar-refractivity contribution in [3.63, 3.8) is 0 Å². The summed E-state index contributed by atoms with van der Waals surface area (Å²) < 4.78 is 0. The second kappa shape index (κ2) is 5.29. The molecule has 0 bridgehead atoms. The van der Waals surface area contributed by atoms with E-state index in [1.165, 1.54) is 12.8 Å². The molecule has 1 fully saturated rings. The van der Waals surface area contributed by atoms with Gasteiger partial charge >= 0.3 is 0 Å². The summed E-state index contributed by atoms with van der Waals surface area (Å²) in [6.07, 6.45) is 4.67. The summed E-state index contributed by atoms with van der Waals surface area (Å²) in [6, 6.07) is 6.00. The first-order chi connectivity index (χ1) is 8.63. The lowest BCUT2D eigenvalue weighted by Crippen LogP contribution is -2.29. The summed E-state index contributed by atoms with van der Waals surface area (Å²) in [7, 11) is 0. The number of nitrogens with zero attached hydrogens (tertiary/aromatic N) is 1. The molecule has 1 aliphatic carbocycles. The van der Waals surface area contributed by atoms with Gasteiger partial charge < -0.3 is 16.4 Å². The Morgan fingerprint density at radius 1 is 1.44 bits per heavy atom. The Hall–Kier alpha value is -1.71. The van der Waals surface area contributed by atoms with Gasteiger partial charge in [-0.15, -0.1) is 0 Å². The van der Waals surface area contributed by atoms with Gasteiger partial charge in [-0.2, -0.15) is 0 Å². The van der Waals surface area contributed by atoms with Crippen LogP contribution >= 0.6 is 0 Å². The predicted octanol–water partition coefficient (Wildman–Crippen LogP) is 2.14. The number of hydrogen-bond acceptors (Lipinski definition) is 3. The summed E-state index contributed by atoms with van der Waals surface area (Å²) in [6.45, 7) is 3.15. The predicted molar refractivity (Wildman–Crippen MR) is 74.6 cm³/mol. The molecule has 2 rings (SSSR count). The van der Waals surface area contributed by atoms with E-state index in [4.69, 9.17) is 11.5 Å². The fourth-order valence-corrected chi connectivity index (χ4v) is 2.22. The van der Waals surface area contributed by atoms with Crippen LogP contribution in [0.2, 0.25) is 0 Å². The summed E-state index contributed by atoms with van der Waals surface area (Å²) in [5, 5.41) is 0. The highest BCUT2D eigenvalue weighted by atomic mass is 16.1. The van der Waals surface area contributed by atoms with Crippen LogP contribution in [-0.2, 0) is 0 Å². The molecule has 0 aromatic heterocycles. The Labute approximate surface area is 108 Å². The van der Waals surface area contributed by atoms with Crippen LogP contribution < -0.4 is 16.4 Å². The van der Waals surface area contributed by atoms with Crippen LogP contribution in [-0.4, -0.2) is 18.5 Å². The number of amides is 1. The lowest BCUT2D eigenvalue weighted by Gasteiger charge is -2.26. The lowest BCUT2D eigenvalue weighted by atomic mass is 10.1. The highest BCUT2D eigenvalue weighted by molar-refractivity contribution is 5.99. The van der Waals surface area contributed by atoms with E-state index in [1.54, 1.807) is 6.07 Å². The third-order valence-electron chi connectivity index (χ3n) is 3.34. The van der Waals surface area contributed by atoms with E-state index < -0.39 is 5.91 Å². The standard InChI is InChI=1S/C14H21N3O/c1-2-3-8-17(11-5-6-11)13-7-4-10(15)9-12(13)14(16)18/h4,7,9,11H,2-3,5-6,8,15H2,1H3,(H2,16,18). The third kappa shape index (κ3) is 2.75. The van der Waals surface area contributed by atoms with Crippen LogP contribution in [0.1, 0.15) is 43.0 Å². The van der Waals surface area contributed by atoms with E-state index in [0.717, 1.165) is 25.1 Å². The maximum absolute atomic E-state index is 11.5. The maximum Gasteiger partial charge on any atom is 0.250 e. The molecule has 0 saturated heterocycles. The number of nitrogens with two attached hydrogens (primary N) is 2. The Bertz CT molecular complexity index is 441. The van der Waals surface area contributed by atoms with Crippen LogP contribution in [0.5, 0.6) is 0 Å². The summed E-state index contributed by atoms with van der Waals surface area (Å²) >= 11 is 0. The van der Waals surface area contributed by atoms with Crippen LogP contribution in [0, 0.1) is 0 Å². The van der Waals surface area contributed by atoms with Gasteiger partial charge in [-0.1, -0.05) is 13.3 Å². The molecule has 1 aliphatic rings. The van der Waals surface area contributed by atoms with Crippen molar-refractivity contribution in [3.05, 3.63) is 23.8 Å². The molecule has 4 N–H and O–H groups in total. The average molecular weight is 247 g/mol. The number of nitrogen functional groups attached to an aromatic ring is 1. The van der Waals surface area contributed by atoms with Gasteiger partial charge in [-0.05, 0) is 37.5 Å². The van der Waals surface area contributed by atoms with E-state index >= 15 is 0 Å². The van der Waals surface area contributed by atoms with Crippen molar-refractivity contribution in [3.8, 4) is 0 Å². The van der Waals surface area contributed by atoms with Crippen molar-refractivity contribution in [1.82, 2.24) is 0 Å². The van der Waals surface area contributed by atoms with Crippen LogP contribution in [0.25, 0.3) is 0 Å². The molecule has 0 aliphatic heterocycles. The Morgan fingerprint density at radius 3 is 2.72 bits per heavy atom. The van der Waals surface area contributed by atoms with Crippen LogP contribution in [0.3, 0.4) is 0 Å². The minimum absolute atomic E-state index is 0.403. The first-order valence-corrected chi connectivity index (χ1v) is 6.59. The number of anilines is 2. The molecule has 1 aromatic rings. The number of carbonyl (C=O) groups is 1. The molecule has 4 heteroatoms. The van der Waals surface area contributed by atoms with E-state index in [9.17, 15) is 4.79 Å². The fraction of sp³-hybridized carbons (Fsp3) is 0.500. The molecule has 0 spiro atoms. The molecule has 0 atom stereocenters. The van der Waals surface area contributed by atoms with Crippen molar-refractivity contribution < 1.29 is 4.79 Å². The topological polar surface area (TPSA) is 72.3 Å². The highest BCUT2D eigenvalue weighted by Crippen LogP contribution is 2.34. The Morgan fingerprint density at radius 2 is 2.17 bits per heavy atom. The van der Waals surface area contributed by atoms with E-state index in [2.05, 4.69) is 11.8 Å². The molecule has 0 heterocycles. The minimum Gasteiger partial charge on any atom is -0.399 e. The molecule has 18 heavy (non-hydrogen) atoms. The number of benzene rings is 1. The summed E-state index contributed by atoms with van der Waals surface area (Å²) in [5.74, 6) is -0.403. The van der Waals surface area contributed by atoms with Gasteiger partial charge in [-0.25, -0.2) is 0 Å². The average Bonchev–Trinajstić information content (AvgIpc) is 3.15. The number of carbonyl (C=O) groups excluding carboxylic acids is 1. The third-order valence-corrected chi connectivity index (χ3v) is 3.34. The van der Waals surface area contributed by atoms with Gasteiger partial charge in [0.1, 0.15) is 0 Å². The zero-order chi connectivity index (χ0) is 13.1. The lowest BCUT2D eigenvalue weighted by molar-refractivity contribution is 0.100. The van der Waals surface area contributed by atoms with Crippen molar-refractivity contribution >= 4 is 17.3 Å². The normalized spacial score (nSPS) is 14.5.